The number of hydrogen-bond acceptors (Lipinski definition) is 4. The van der Waals surface area contributed by atoms with Crippen LogP contribution >= 0.6 is 0 Å². The lowest BCUT2D eigenvalue weighted by atomic mass is 10.4. The Labute approximate surface area is 75.2 Å². The maximum absolute atomic E-state index is 10.8. The van der Waals surface area contributed by atoms with E-state index in [9.17, 15) is 9.59 Å². The molecule has 5 nitrogen and oxygen atoms in total. The van der Waals surface area contributed by atoms with Crippen LogP contribution in [0.3, 0.4) is 0 Å². The van der Waals surface area contributed by atoms with Gasteiger partial charge in [-0.1, -0.05) is 0 Å². The first kappa shape index (κ1) is 9.31. The first-order chi connectivity index (χ1) is 6.20. The summed E-state index contributed by atoms with van der Waals surface area (Å²) < 4.78 is 0. The molecule has 1 aromatic rings. The van der Waals surface area contributed by atoms with Crippen molar-refractivity contribution in [2.75, 3.05) is 0 Å². The number of Topliss-reactive ketones (excluding diaryl/α,β-unsaturated/α-hetero) is 1. The maximum Gasteiger partial charge on any atom is 0.287 e. The van der Waals surface area contributed by atoms with Gasteiger partial charge in [-0.05, 0) is 0 Å². The van der Waals surface area contributed by atoms with Gasteiger partial charge in [-0.25, -0.2) is 0 Å². The van der Waals surface area contributed by atoms with Crippen LogP contribution in [-0.2, 0) is 16.1 Å². The molecule has 0 bridgehead atoms. The van der Waals surface area contributed by atoms with Gasteiger partial charge in [0, 0.05) is 19.3 Å². The first-order valence-corrected chi connectivity index (χ1v) is 3.74. The van der Waals surface area contributed by atoms with Crippen LogP contribution in [0.15, 0.2) is 18.6 Å². The van der Waals surface area contributed by atoms with Crippen molar-refractivity contribution in [3.05, 3.63) is 24.3 Å². The number of nitrogens with one attached hydrogen (secondary N) is 1. The van der Waals surface area contributed by atoms with Gasteiger partial charge in [0.05, 0.1) is 18.4 Å². The predicted molar refractivity (Wildman–Crippen MR) is 44.6 cm³/mol. The minimum Gasteiger partial charge on any atom is -0.344 e. The number of ketones is 1. The van der Waals surface area contributed by atoms with Crippen molar-refractivity contribution in [3.63, 3.8) is 0 Å². The summed E-state index contributed by atoms with van der Waals surface area (Å²) in [5, 5.41) is 2.41. The number of carbonyl (C=O) groups is 2. The molecule has 0 aromatic carbocycles. The Morgan fingerprint density at radius 2 is 2.23 bits per heavy atom. The highest BCUT2D eigenvalue weighted by Crippen LogP contribution is 1.88. The molecular formula is C8H9N3O2. The Morgan fingerprint density at radius 3 is 2.77 bits per heavy atom. The normalized spacial score (nSPS) is 9.31. The molecule has 0 aliphatic heterocycles. The zero-order chi connectivity index (χ0) is 9.68. The molecule has 0 spiro atoms. The number of rotatable bonds is 3. The lowest BCUT2D eigenvalue weighted by Gasteiger charge is -2.00. The molecule has 0 saturated carbocycles. The second kappa shape index (κ2) is 4.30. The van der Waals surface area contributed by atoms with Gasteiger partial charge < -0.3 is 5.32 Å². The third kappa shape index (κ3) is 2.98. The maximum atomic E-state index is 10.8. The molecule has 1 aromatic heterocycles. The minimum absolute atomic E-state index is 0.228. The van der Waals surface area contributed by atoms with Gasteiger partial charge in [-0.3, -0.25) is 19.6 Å². The molecular weight excluding hydrogens is 170 g/mol. The van der Waals surface area contributed by atoms with E-state index in [1.165, 1.54) is 25.5 Å². The molecule has 0 radical (unpaired) electrons. The van der Waals surface area contributed by atoms with Crippen molar-refractivity contribution in [1.82, 2.24) is 15.3 Å². The zero-order valence-corrected chi connectivity index (χ0v) is 7.15. The number of carbonyl (C=O) groups excluding carboxylic acids is 2. The van der Waals surface area contributed by atoms with E-state index in [-0.39, 0.29) is 6.54 Å². The van der Waals surface area contributed by atoms with Gasteiger partial charge in [0.15, 0.2) is 0 Å². The number of aromatic nitrogens is 2. The predicted octanol–water partition coefficient (Wildman–Crippen LogP) is -0.318. The quantitative estimate of drug-likeness (QED) is 0.645. The van der Waals surface area contributed by atoms with Crippen molar-refractivity contribution >= 4 is 11.7 Å². The van der Waals surface area contributed by atoms with Crippen LogP contribution in [-0.4, -0.2) is 21.7 Å². The van der Waals surface area contributed by atoms with Crippen molar-refractivity contribution in [1.29, 1.82) is 0 Å². The highest BCUT2D eigenvalue weighted by atomic mass is 16.2. The van der Waals surface area contributed by atoms with Gasteiger partial charge in [0.2, 0.25) is 5.78 Å². The monoisotopic (exact) mass is 179 g/mol. The number of nitrogens with zero attached hydrogens (tertiary/aromatic N) is 2. The van der Waals surface area contributed by atoms with Crippen molar-refractivity contribution in [2.24, 2.45) is 0 Å². The van der Waals surface area contributed by atoms with E-state index in [1.807, 2.05) is 0 Å². The second-order valence-corrected chi connectivity index (χ2v) is 2.44. The van der Waals surface area contributed by atoms with Crippen LogP contribution in [0.2, 0.25) is 0 Å². The Morgan fingerprint density at radius 1 is 1.46 bits per heavy atom. The number of amides is 1. The van der Waals surface area contributed by atoms with Crippen molar-refractivity contribution in [3.8, 4) is 0 Å². The van der Waals surface area contributed by atoms with E-state index in [4.69, 9.17) is 0 Å². The topological polar surface area (TPSA) is 72.0 Å². The minimum atomic E-state index is -0.606. The summed E-state index contributed by atoms with van der Waals surface area (Å²) in [6.07, 6.45) is 4.59. The lowest BCUT2D eigenvalue weighted by molar-refractivity contribution is -0.136. The molecule has 1 heterocycles. The smallest absolute Gasteiger partial charge is 0.287 e. The molecule has 0 aliphatic carbocycles. The fourth-order valence-electron chi connectivity index (χ4n) is 0.717. The van der Waals surface area contributed by atoms with E-state index in [2.05, 4.69) is 15.3 Å². The highest BCUT2D eigenvalue weighted by molar-refractivity contribution is 6.35. The van der Waals surface area contributed by atoms with Gasteiger partial charge in [0.1, 0.15) is 0 Å². The molecule has 0 saturated heterocycles. The molecule has 5 heteroatoms. The van der Waals surface area contributed by atoms with Crippen molar-refractivity contribution < 1.29 is 9.59 Å². The second-order valence-electron chi connectivity index (χ2n) is 2.44. The van der Waals surface area contributed by atoms with E-state index >= 15 is 0 Å². The molecule has 1 N–H and O–H groups in total. The highest BCUT2D eigenvalue weighted by Gasteiger charge is 2.05. The molecule has 13 heavy (non-hydrogen) atoms. The van der Waals surface area contributed by atoms with Gasteiger partial charge in [-0.2, -0.15) is 0 Å². The molecule has 0 unspecified atom stereocenters. The zero-order valence-electron chi connectivity index (χ0n) is 7.15. The SMILES string of the molecule is CC(=O)C(=O)NCc1cnccn1. The molecule has 1 rings (SSSR count). The molecule has 0 aliphatic rings. The van der Waals surface area contributed by atoms with E-state index < -0.39 is 11.7 Å². The summed E-state index contributed by atoms with van der Waals surface area (Å²) in [6, 6.07) is 0. The fraction of sp³-hybridized carbons (Fsp3) is 0.250. The number of hydrogen-bond donors (Lipinski definition) is 1. The molecule has 0 atom stereocenters. The Kier molecular flexibility index (Phi) is 3.08. The van der Waals surface area contributed by atoms with Crippen LogP contribution < -0.4 is 5.32 Å². The average molecular weight is 179 g/mol. The van der Waals surface area contributed by atoms with E-state index in [0.717, 1.165) is 0 Å². The van der Waals surface area contributed by atoms with Crippen LogP contribution in [0.4, 0.5) is 0 Å². The molecule has 1 amide bonds. The standard InChI is InChI=1S/C8H9N3O2/c1-6(12)8(13)11-5-7-4-9-2-3-10-7/h2-4H,5H2,1H3,(H,11,13). The third-order valence-corrected chi connectivity index (χ3v) is 1.37. The molecule has 0 fully saturated rings. The van der Waals surface area contributed by atoms with Crippen LogP contribution in [0, 0.1) is 0 Å². The Bertz CT molecular complexity index is 310. The Balaban J connectivity index is 2.44. The van der Waals surface area contributed by atoms with Gasteiger partial charge >= 0.3 is 0 Å². The summed E-state index contributed by atoms with van der Waals surface area (Å²) in [4.78, 5) is 29.1. The largest absolute Gasteiger partial charge is 0.344 e. The third-order valence-electron chi connectivity index (χ3n) is 1.37. The van der Waals surface area contributed by atoms with E-state index in [0.29, 0.717) is 5.69 Å². The van der Waals surface area contributed by atoms with Gasteiger partial charge in [0.25, 0.3) is 5.91 Å². The summed E-state index contributed by atoms with van der Waals surface area (Å²) in [6.45, 7) is 1.44. The lowest BCUT2D eigenvalue weighted by Crippen LogP contribution is -2.28. The van der Waals surface area contributed by atoms with Crippen LogP contribution in [0.25, 0.3) is 0 Å². The summed E-state index contributed by atoms with van der Waals surface area (Å²) >= 11 is 0. The Hall–Kier alpha value is -1.78. The van der Waals surface area contributed by atoms with Crippen LogP contribution in [0.1, 0.15) is 12.6 Å². The summed E-state index contributed by atoms with van der Waals surface area (Å²) in [7, 11) is 0. The average Bonchev–Trinajstić information content (AvgIpc) is 2.15. The summed E-state index contributed by atoms with van der Waals surface area (Å²) in [5.41, 5.74) is 0.622. The van der Waals surface area contributed by atoms with Crippen molar-refractivity contribution in [2.45, 2.75) is 13.5 Å². The fourth-order valence-corrected chi connectivity index (χ4v) is 0.717. The van der Waals surface area contributed by atoms with Crippen LogP contribution in [0.5, 0.6) is 0 Å². The van der Waals surface area contributed by atoms with E-state index in [1.54, 1.807) is 0 Å². The summed E-state index contributed by atoms with van der Waals surface area (Å²) in [5.74, 6) is -1.12. The first-order valence-electron chi connectivity index (χ1n) is 3.74. The van der Waals surface area contributed by atoms with Gasteiger partial charge in [-0.15, -0.1) is 0 Å². The molecule has 68 valence electrons.